The van der Waals surface area contributed by atoms with Crippen LogP contribution in [-0.2, 0) is 9.59 Å². The van der Waals surface area contributed by atoms with E-state index in [1.165, 1.54) is 16.7 Å². The van der Waals surface area contributed by atoms with Crippen molar-refractivity contribution in [3.8, 4) is 0 Å². The maximum Gasteiger partial charge on any atom is 0.243 e. The standard InChI is InChI=1S/C12H13NO2S/c1-13-11(14)9(10(16-2)12(13)15)8-6-4-3-5-7-8/h3-7,9-10H,1-2H3/t9-,10+/m1/s1. The van der Waals surface area contributed by atoms with Gasteiger partial charge in [-0.25, -0.2) is 0 Å². The van der Waals surface area contributed by atoms with Gasteiger partial charge in [-0.05, 0) is 11.8 Å². The fourth-order valence-corrected chi connectivity index (χ4v) is 2.90. The zero-order valence-corrected chi connectivity index (χ0v) is 10.0. The topological polar surface area (TPSA) is 37.4 Å². The van der Waals surface area contributed by atoms with Crippen molar-refractivity contribution in [2.75, 3.05) is 13.3 Å². The molecular formula is C12H13NO2S. The van der Waals surface area contributed by atoms with Crippen molar-refractivity contribution in [1.29, 1.82) is 0 Å². The summed E-state index contributed by atoms with van der Waals surface area (Å²) in [5.74, 6) is -0.518. The van der Waals surface area contributed by atoms with Crippen molar-refractivity contribution in [2.24, 2.45) is 0 Å². The first-order chi connectivity index (χ1) is 7.66. The van der Waals surface area contributed by atoms with E-state index in [0.29, 0.717) is 0 Å². The molecule has 3 nitrogen and oxygen atoms in total. The third-order valence-electron chi connectivity index (χ3n) is 2.89. The normalized spacial score (nSPS) is 25.2. The van der Waals surface area contributed by atoms with Crippen LogP contribution in [0.5, 0.6) is 0 Å². The lowest BCUT2D eigenvalue weighted by Crippen LogP contribution is -2.26. The Morgan fingerprint density at radius 1 is 1.12 bits per heavy atom. The van der Waals surface area contributed by atoms with Gasteiger partial charge < -0.3 is 0 Å². The van der Waals surface area contributed by atoms with Crippen LogP contribution in [0.2, 0.25) is 0 Å². The first kappa shape index (κ1) is 11.2. The van der Waals surface area contributed by atoms with Gasteiger partial charge in [0.15, 0.2) is 0 Å². The first-order valence-corrected chi connectivity index (χ1v) is 6.34. The average Bonchev–Trinajstić information content (AvgIpc) is 2.54. The van der Waals surface area contributed by atoms with E-state index < -0.39 is 0 Å². The van der Waals surface area contributed by atoms with Gasteiger partial charge in [-0.15, -0.1) is 0 Å². The second-order valence-corrected chi connectivity index (χ2v) is 4.76. The smallest absolute Gasteiger partial charge is 0.243 e. The third kappa shape index (κ3) is 1.63. The Labute approximate surface area is 98.8 Å². The molecule has 0 radical (unpaired) electrons. The molecular weight excluding hydrogens is 222 g/mol. The summed E-state index contributed by atoms with van der Waals surface area (Å²) in [6.07, 6.45) is 1.87. The minimum Gasteiger partial charge on any atom is -0.284 e. The van der Waals surface area contributed by atoms with E-state index in [4.69, 9.17) is 0 Å². The van der Waals surface area contributed by atoms with Gasteiger partial charge in [-0.1, -0.05) is 30.3 Å². The summed E-state index contributed by atoms with van der Waals surface area (Å²) in [5, 5.41) is -0.278. The molecule has 1 saturated heterocycles. The molecule has 0 unspecified atom stereocenters. The summed E-state index contributed by atoms with van der Waals surface area (Å²) in [6.45, 7) is 0. The zero-order valence-electron chi connectivity index (χ0n) is 9.21. The highest BCUT2D eigenvalue weighted by Crippen LogP contribution is 2.35. The van der Waals surface area contributed by atoms with E-state index in [1.54, 1.807) is 7.05 Å². The number of nitrogens with zero attached hydrogens (tertiary/aromatic N) is 1. The maximum absolute atomic E-state index is 12.0. The maximum atomic E-state index is 12.0. The molecule has 2 amide bonds. The number of carbonyl (C=O) groups is 2. The zero-order chi connectivity index (χ0) is 11.7. The number of thioether (sulfide) groups is 1. The SMILES string of the molecule is CS[C@@H]1C(=O)N(C)C(=O)[C@@H]1c1ccccc1. The van der Waals surface area contributed by atoms with Crippen LogP contribution in [0.4, 0.5) is 0 Å². The Balaban J connectivity index is 2.40. The molecule has 0 bridgehead atoms. The van der Waals surface area contributed by atoms with Gasteiger partial charge in [0.05, 0.1) is 11.2 Å². The van der Waals surface area contributed by atoms with Gasteiger partial charge in [0.25, 0.3) is 0 Å². The van der Waals surface area contributed by atoms with E-state index in [0.717, 1.165) is 5.56 Å². The minimum absolute atomic E-state index is 0.0913. The summed E-state index contributed by atoms with van der Waals surface area (Å²) < 4.78 is 0. The summed E-state index contributed by atoms with van der Waals surface area (Å²) in [4.78, 5) is 25.0. The van der Waals surface area contributed by atoms with Gasteiger partial charge in [-0.3, -0.25) is 14.5 Å². The molecule has 1 aliphatic heterocycles. The lowest BCUT2D eigenvalue weighted by atomic mass is 9.97. The molecule has 1 aromatic rings. The van der Waals surface area contributed by atoms with E-state index in [-0.39, 0.29) is 23.0 Å². The first-order valence-electron chi connectivity index (χ1n) is 5.06. The summed E-state index contributed by atoms with van der Waals surface area (Å²) >= 11 is 1.44. The molecule has 0 aromatic heterocycles. The molecule has 0 saturated carbocycles. The highest BCUT2D eigenvalue weighted by molar-refractivity contribution is 8.00. The van der Waals surface area contributed by atoms with Crippen LogP contribution in [0.25, 0.3) is 0 Å². The van der Waals surface area contributed by atoms with E-state index in [9.17, 15) is 9.59 Å². The van der Waals surface area contributed by atoms with Crippen molar-refractivity contribution in [1.82, 2.24) is 4.90 Å². The fourth-order valence-electron chi connectivity index (χ4n) is 1.99. The molecule has 2 atom stereocenters. The monoisotopic (exact) mass is 235 g/mol. The predicted octanol–water partition coefficient (Wildman–Crippen LogP) is 1.50. The largest absolute Gasteiger partial charge is 0.284 e. The van der Waals surface area contributed by atoms with Crippen LogP contribution in [0.3, 0.4) is 0 Å². The molecule has 1 fully saturated rings. The van der Waals surface area contributed by atoms with E-state index in [1.807, 2.05) is 36.6 Å². The molecule has 84 valence electrons. The summed E-state index contributed by atoms with van der Waals surface area (Å²) in [7, 11) is 1.55. The number of carbonyl (C=O) groups excluding carboxylic acids is 2. The average molecular weight is 235 g/mol. The van der Waals surface area contributed by atoms with Gasteiger partial charge >= 0.3 is 0 Å². The number of hydrogen-bond donors (Lipinski definition) is 0. The number of likely N-dealkylation sites (tertiary alicyclic amines) is 1. The van der Waals surface area contributed by atoms with Crippen molar-refractivity contribution in [2.45, 2.75) is 11.2 Å². The summed E-state index contributed by atoms with van der Waals surface area (Å²) in [6, 6.07) is 9.49. The molecule has 1 heterocycles. The Hall–Kier alpha value is -1.29. The Morgan fingerprint density at radius 2 is 1.75 bits per heavy atom. The van der Waals surface area contributed by atoms with E-state index >= 15 is 0 Å². The molecule has 16 heavy (non-hydrogen) atoms. The minimum atomic E-state index is -0.325. The number of hydrogen-bond acceptors (Lipinski definition) is 3. The number of rotatable bonds is 2. The highest BCUT2D eigenvalue weighted by atomic mass is 32.2. The Bertz CT molecular complexity index is 418. The second kappa shape index (κ2) is 4.29. The molecule has 1 aromatic carbocycles. The molecule has 2 rings (SSSR count). The fraction of sp³-hybridized carbons (Fsp3) is 0.333. The molecule has 0 N–H and O–H groups in total. The van der Waals surface area contributed by atoms with Crippen LogP contribution in [0.1, 0.15) is 11.5 Å². The van der Waals surface area contributed by atoms with Gasteiger partial charge in [0, 0.05) is 7.05 Å². The van der Waals surface area contributed by atoms with Crippen molar-refractivity contribution in [3.63, 3.8) is 0 Å². The van der Waals surface area contributed by atoms with Crippen LogP contribution < -0.4 is 0 Å². The van der Waals surface area contributed by atoms with Gasteiger partial charge in [0.1, 0.15) is 0 Å². The second-order valence-electron chi connectivity index (χ2n) is 3.78. The van der Waals surface area contributed by atoms with Crippen LogP contribution in [0, 0.1) is 0 Å². The molecule has 0 spiro atoms. The number of amides is 2. The Kier molecular flexibility index (Phi) is 3.01. The van der Waals surface area contributed by atoms with Crippen LogP contribution in [0.15, 0.2) is 30.3 Å². The number of likely N-dealkylation sites (N-methyl/N-ethyl adjacent to an activating group) is 1. The van der Waals surface area contributed by atoms with Crippen molar-refractivity contribution in [3.05, 3.63) is 35.9 Å². The van der Waals surface area contributed by atoms with E-state index in [2.05, 4.69) is 0 Å². The van der Waals surface area contributed by atoms with Crippen molar-refractivity contribution < 1.29 is 9.59 Å². The summed E-state index contributed by atoms with van der Waals surface area (Å²) in [5.41, 5.74) is 0.921. The number of imide groups is 1. The number of benzene rings is 1. The Morgan fingerprint density at radius 3 is 2.31 bits per heavy atom. The van der Waals surface area contributed by atoms with Crippen LogP contribution in [-0.4, -0.2) is 35.3 Å². The van der Waals surface area contributed by atoms with Gasteiger partial charge in [-0.2, -0.15) is 11.8 Å². The molecule has 0 aliphatic carbocycles. The quantitative estimate of drug-likeness (QED) is 0.729. The van der Waals surface area contributed by atoms with Crippen LogP contribution >= 0.6 is 11.8 Å². The molecule has 4 heteroatoms. The van der Waals surface area contributed by atoms with Crippen molar-refractivity contribution >= 4 is 23.6 Å². The third-order valence-corrected chi connectivity index (χ3v) is 3.87. The van der Waals surface area contributed by atoms with Gasteiger partial charge in [0.2, 0.25) is 11.8 Å². The lowest BCUT2D eigenvalue weighted by molar-refractivity contribution is -0.136. The molecule has 1 aliphatic rings. The lowest BCUT2D eigenvalue weighted by Gasteiger charge is -2.12. The highest BCUT2D eigenvalue weighted by Gasteiger charge is 2.45. The predicted molar refractivity (Wildman–Crippen MR) is 64.3 cm³/mol.